The van der Waals surface area contributed by atoms with E-state index in [2.05, 4.69) is 10.5 Å². The van der Waals surface area contributed by atoms with Crippen molar-refractivity contribution in [2.75, 3.05) is 5.32 Å². The number of carbonyl (C=O) groups excluding carboxylic acids is 1. The number of hydrogen-bond acceptors (Lipinski definition) is 3. The van der Waals surface area contributed by atoms with Crippen molar-refractivity contribution in [2.45, 2.75) is 6.92 Å². The first-order valence-corrected chi connectivity index (χ1v) is 7.71. The monoisotopic (exact) mass is 364 g/mol. The topological polar surface area (TPSA) is 55.1 Å². The molecule has 3 rings (SSSR count). The summed E-state index contributed by atoms with van der Waals surface area (Å²) in [6.07, 6.45) is 0. The van der Waals surface area contributed by atoms with E-state index in [1.807, 2.05) is 0 Å². The summed E-state index contributed by atoms with van der Waals surface area (Å²) >= 11 is 12.4. The summed E-state index contributed by atoms with van der Waals surface area (Å²) in [5, 5.41) is 7.06. The number of anilines is 1. The molecule has 7 heteroatoms. The van der Waals surface area contributed by atoms with Gasteiger partial charge in [0, 0.05) is 5.56 Å². The molecule has 1 heterocycles. The zero-order valence-corrected chi connectivity index (χ0v) is 14.0. The Bertz CT molecular complexity index is 904. The number of aryl methyl sites for hydroxylation is 1. The van der Waals surface area contributed by atoms with Gasteiger partial charge < -0.3 is 9.84 Å². The van der Waals surface area contributed by atoms with E-state index in [0.717, 1.165) is 0 Å². The molecule has 1 amide bonds. The zero-order valence-electron chi connectivity index (χ0n) is 12.4. The highest BCUT2D eigenvalue weighted by Crippen LogP contribution is 2.37. The zero-order chi connectivity index (χ0) is 17.3. The lowest BCUT2D eigenvalue weighted by Gasteiger charge is -2.08. The van der Waals surface area contributed by atoms with Crippen LogP contribution in [0.15, 0.2) is 47.0 Å². The molecule has 1 N–H and O–H groups in total. The minimum Gasteiger partial charge on any atom is -0.360 e. The van der Waals surface area contributed by atoms with Crippen molar-refractivity contribution in [2.24, 2.45) is 0 Å². The molecule has 0 unspecified atom stereocenters. The standard InChI is InChI=1S/C17H11Cl2FN2O2/c1-9-14(17(23)21-13-8-3-2-7-12(13)20)16(22-24-9)15-10(18)5-4-6-11(15)19/h2-8H,1H3,(H,21,23). The third kappa shape index (κ3) is 3.00. The minimum absolute atomic E-state index is 0.0549. The molecular weight excluding hydrogens is 354 g/mol. The first-order chi connectivity index (χ1) is 11.5. The van der Waals surface area contributed by atoms with Gasteiger partial charge in [-0.2, -0.15) is 0 Å². The van der Waals surface area contributed by atoms with E-state index in [4.69, 9.17) is 27.7 Å². The van der Waals surface area contributed by atoms with Crippen molar-refractivity contribution in [1.82, 2.24) is 5.16 Å². The van der Waals surface area contributed by atoms with Crippen molar-refractivity contribution in [3.8, 4) is 11.3 Å². The quantitative estimate of drug-likeness (QED) is 0.681. The molecule has 1 aromatic heterocycles. The average Bonchev–Trinajstić information content (AvgIpc) is 2.91. The maximum atomic E-state index is 13.7. The number of aromatic nitrogens is 1. The minimum atomic E-state index is -0.565. The Hall–Kier alpha value is -2.37. The Morgan fingerprint density at radius 2 is 1.79 bits per heavy atom. The number of rotatable bonds is 3. The number of hydrogen-bond donors (Lipinski definition) is 1. The lowest BCUT2D eigenvalue weighted by Crippen LogP contribution is -2.14. The van der Waals surface area contributed by atoms with Crippen LogP contribution in [0.4, 0.5) is 10.1 Å². The molecule has 2 aromatic carbocycles. The van der Waals surface area contributed by atoms with Gasteiger partial charge >= 0.3 is 0 Å². The van der Waals surface area contributed by atoms with Crippen LogP contribution in [0.2, 0.25) is 10.0 Å². The van der Waals surface area contributed by atoms with Crippen LogP contribution in [0.5, 0.6) is 0 Å². The second kappa shape index (κ2) is 6.63. The molecule has 122 valence electrons. The van der Waals surface area contributed by atoms with E-state index < -0.39 is 11.7 Å². The molecule has 0 saturated carbocycles. The number of nitrogens with zero attached hydrogens (tertiary/aromatic N) is 1. The Labute approximate surface area is 147 Å². The summed E-state index contributed by atoms with van der Waals surface area (Å²) < 4.78 is 18.9. The van der Waals surface area contributed by atoms with Crippen molar-refractivity contribution in [3.63, 3.8) is 0 Å². The fourth-order valence-electron chi connectivity index (χ4n) is 2.28. The van der Waals surface area contributed by atoms with E-state index in [0.29, 0.717) is 15.6 Å². The van der Waals surface area contributed by atoms with Gasteiger partial charge in [0.05, 0.1) is 15.7 Å². The molecule has 0 aliphatic rings. The molecule has 0 spiro atoms. The predicted octanol–water partition coefficient (Wildman–Crippen LogP) is 5.35. The molecular formula is C17H11Cl2FN2O2. The summed E-state index contributed by atoms with van der Waals surface area (Å²) in [5.74, 6) is -0.836. The van der Waals surface area contributed by atoms with Gasteiger partial charge in [0.25, 0.3) is 5.91 Å². The van der Waals surface area contributed by atoms with Crippen LogP contribution in [0.1, 0.15) is 16.1 Å². The number of nitrogens with one attached hydrogen (secondary N) is 1. The number of benzene rings is 2. The van der Waals surface area contributed by atoms with Crippen LogP contribution in [0.3, 0.4) is 0 Å². The van der Waals surface area contributed by atoms with Crippen molar-refractivity contribution in [3.05, 3.63) is 69.7 Å². The molecule has 0 radical (unpaired) electrons. The summed E-state index contributed by atoms with van der Waals surface area (Å²) in [4.78, 5) is 12.6. The summed E-state index contributed by atoms with van der Waals surface area (Å²) in [5.41, 5.74) is 0.792. The fourth-order valence-corrected chi connectivity index (χ4v) is 2.86. The summed E-state index contributed by atoms with van der Waals surface area (Å²) in [6.45, 7) is 1.58. The van der Waals surface area contributed by atoms with Gasteiger partial charge in [-0.05, 0) is 31.2 Å². The lowest BCUT2D eigenvalue weighted by atomic mass is 10.1. The highest BCUT2D eigenvalue weighted by atomic mass is 35.5. The molecule has 3 aromatic rings. The summed E-state index contributed by atoms with van der Waals surface area (Å²) in [7, 11) is 0. The van der Waals surface area contributed by atoms with Crippen LogP contribution in [-0.4, -0.2) is 11.1 Å². The maximum absolute atomic E-state index is 13.7. The average molecular weight is 365 g/mol. The van der Waals surface area contributed by atoms with Crippen LogP contribution in [0, 0.1) is 12.7 Å². The Morgan fingerprint density at radius 3 is 2.46 bits per heavy atom. The SMILES string of the molecule is Cc1onc(-c2c(Cl)cccc2Cl)c1C(=O)Nc1ccccc1F. The maximum Gasteiger partial charge on any atom is 0.261 e. The van der Waals surface area contributed by atoms with Crippen molar-refractivity contribution < 1.29 is 13.7 Å². The Balaban J connectivity index is 2.05. The van der Waals surface area contributed by atoms with Crippen molar-refractivity contribution in [1.29, 1.82) is 0 Å². The highest BCUT2D eigenvalue weighted by molar-refractivity contribution is 6.39. The number of carbonyl (C=O) groups is 1. The molecule has 0 fully saturated rings. The summed E-state index contributed by atoms with van der Waals surface area (Å²) in [6, 6.07) is 10.8. The first kappa shape index (κ1) is 16.5. The second-order valence-corrected chi connectivity index (χ2v) is 5.81. The Kier molecular flexibility index (Phi) is 4.55. The molecule has 4 nitrogen and oxygen atoms in total. The molecule has 0 atom stereocenters. The number of para-hydroxylation sites is 1. The van der Waals surface area contributed by atoms with Gasteiger partial charge in [-0.25, -0.2) is 4.39 Å². The van der Waals surface area contributed by atoms with E-state index in [9.17, 15) is 9.18 Å². The molecule has 0 saturated heterocycles. The van der Waals surface area contributed by atoms with Gasteiger partial charge in [0.2, 0.25) is 0 Å². The van der Waals surface area contributed by atoms with Gasteiger partial charge in [-0.3, -0.25) is 4.79 Å². The van der Waals surface area contributed by atoms with Gasteiger partial charge in [-0.1, -0.05) is 46.6 Å². The lowest BCUT2D eigenvalue weighted by molar-refractivity contribution is 0.102. The van der Waals surface area contributed by atoms with Crippen molar-refractivity contribution >= 4 is 34.8 Å². The van der Waals surface area contributed by atoms with Crippen LogP contribution in [-0.2, 0) is 0 Å². The van der Waals surface area contributed by atoms with Gasteiger partial charge in [0.1, 0.15) is 22.8 Å². The molecule has 24 heavy (non-hydrogen) atoms. The van der Waals surface area contributed by atoms with E-state index in [-0.39, 0.29) is 22.7 Å². The highest BCUT2D eigenvalue weighted by Gasteiger charge is 2.25. The Morgan fingerprint density at radius 1 is 1.12 bits per heavy atom. The molecule has 0 aliphatic heterocycles. The smallest absolute Gasteiger partial charge is 0.261 e. The molecule has 0 bridgehead atoms. The third-order valence-electron chi connectivity index (χ3n) is 3.41. The fraction of sp³-hybridized carbons (Fsp3) is 0.0588. The molecule has 0 aliphatic carbocycles. The van der Waals surface area contributed by atoms with Gasteiger partial charge in [0.15, 0.2) is 0 Å². The number of halogens is 3. The van der Waals surface area contributed by atoms with E-state index >= 15 is 0 Å². The second-order valence-electron chi connectivity index (χ2n) is 4.99. The van der Waals surface area contributed by atoms with Crippen LogP contribution >= 0.6 is 23.2 Å². The number of amides is 1. The van der Waals surface area contributed by atoms with Crippen LogP contribution < -0.4 is 5.32 Å². The van der Waals surface area contributed by atoms with Crippen LogP contribution in [0.25, 0.3) is 11.3 Å². The van der Waals surface area contributed by atoms with Gasteiger partial charge in [-0.15, -0.1) is 0 Å². The van der Waals surface area contributed by atoms with E-state index in [1.165, 1.54) is 18.2 Å². The first-order valence-electron chi connectivity index (χ1n) is 6.95. The predicted molar refractivity (Wildman–Crippen MR) is 91.0 cm³/mol. The third-order valence-corrected chi connectivity index (χ3v) is 4.04. The normalized spacial score (nSPS) is 10.7. The van der Waals surface area contributed by atoms with E-state index in [1.54, 1.807) is 31.2 Å². The largest absolute Gasteiger partial charge is 0.360 e.